The topological polar surface area (TPSA) is 166 Å². The second-order valence-corrected chi connectivity index (χ2v) is 15.1. The summed E-state index contributed by atoms with van der Waals surface area (Å²) >= 11 is 0. The molecule has 1 aromatic heterocycles. The van der Waals surface area contributed by atoms with Crippen molar-refractivity contribution in [2.24, 2.45) is 0 Å². The van der Waals surface area contributed by atoms with Crippen molar-refractivity contribution in [2.75, 3.05) is 45.4 Å². The van der Waals surface area contributed by atoms with E-state index in [1.807, 2.05) is 76.2 Å². The number of aromatic nitrogens is 3. The number of hydrogen-bond donors (Lipinski definition) is 3. The molecule has 3 aromatic rings. The molecule has 55 heavy (non-hydrogen) atoms. The molecule has 0 bridgehead atoms. The Morgan fingerprint density at radius 2 is 1.60 bits per heavy atom. The summed E-state index contributed by atoms with van der Waals surface area (Å²) in [7, 11) is 3.45. The fourth-order valence-electron chi connectivity index (χ4n) is 6.38. The van der Waals surface area contributed by atoms with Crippen LogP contribution in [0.15, 0.2) is 48.5 Å². The number of likely N-dealkylation sites (N-methyl/N-ethyl adjacent to an activating group) is 1. The van der Waals surface area contributed by atoms with Crippen LogP contribution >= 0.6 is 0 Å². The lowest BCUT2D eigenvalue weighted by Crippen LogP contribution is -2.36. The zero-order valence-corrected chi connectivity index (χ0v) is 33.5. The van der Waals surface area contributed by atoms with E-state index in [4.69, 9.17) is 14.2 Å². The quantitative estimate of drug-likeness (QED) is 0.119. The fourth-order valence-corrected chi connectivity index (χ4v) is 6.38. The summed E-state index contributed by atoms with van der Waals surface area (Å²) in [5.41, 5.74) is 3.84. The van der Waals surface area contributed by atoms with Gasteiger partial charge in [-0.3, -0.25) is 14.4 Å². The largest absolute Gasteiger partial charge is 0.448 e. The monoisotopic (exact) mass is 761 g/mol. The van der Waals surface area contributed by atoms with Gasteiger partial charge >= 0.3 is 6.09 Å². The highest BCUT2D eigenvalue weighted by atomic mass is 16.5. The van der Waals surface area contributed by atoms with Crippen molar-refractivity contribution in [3.63, 3.8) is 0 Å². The van der Waals surface area contributed by atoms with Gasteiger partial charge in [0.15, 0.2) is 0 Å². The van der Waals surface area contributed by atoms with Crippen LogP contribution in [-0.4, -0.2) is 96.4 Å². The van der Waals surface area contributed by atoms with E-state index in [0.29, 0.717) is 43.9 Å². The van der Waals surface area contributed by atoms with Crippen molar-refractivity contribution in [1.82, 2.24) is 30.9 Å². The summed E-state index contributed by atoms with van der Waals surface area (Å²) in [6, 6.07) is 15.2. The van der Waals surface area contributed by atoms with Crippen LogP contribution < -0.4 is 20.9 Å². The second-order valence-electron chi connectivity index (χ2n) is 15.1. The molecule has 0 radical (unpaired) electrons. The highest BCUT2D eigenvalue weighted by Gasteiger charge is 2.29. The average molecular weight is 762 g/mol. The molecule has 4 rings (SSSR count). The number of Topliss-reactive ketones (excluding diaryl/α,β-unsaturated/α-hetero) is 1. The Kier molecular flexibility index (Phi) is 15.9. The van der Waals surface area contributed by atoms with Crippen molar-refractivity contribution in [3.05, 3.63) is 54.1 Å². The predicted octanol–water partition coefficient (Wildman–Crippen LogP) is 5.43. The number of para-hydroxylation sites is 1. The van der Waals surface area contributed by atoms with Gasteiger partial charge in [-0.15, -0.1) is 5.10 Å². The Hall–Kier alpha value is -4.66. The summed E-state index contributed by atoms with van der Waals surface area (Å²) < 4.78 is 18.7. The number of ketones is 1. The van der Waals surface area contributed by atoms with Crippen molar-refractivity contribution < 1.29 is 33.4 Å². The number of nitrogens with one attached hydrogen (secondary N) is 3. The molecule has 0 saturated heterocycles. The minimum atomic E-state index is -0.522. The number of alkyl carbamates (subject to hydrolysis) is 1. The second kappa shape index (κ2) is 20.3. The molecule has 0 spiro atoms. The lowest BCUT2D eigenvalue weighted by molar-refractivity contribution is -0.123. The zero-order valence-electron chi connectivity index (χ0n) is 33.5. The summed E-state index contributed by atoms with van der Waals surface area (Å²) in [6.07, 6.45) is 3.38. The van der Waals surface area contributed by atoms with Gasteiger partial charge < -0.3 is 35.1 Å². The number of rotatable bonds is 21. The van der Waals surface area contributed by atoms with Crippen molar-refractivity contribution in [2.45, 2.75) is 110 Å². The molecule has 3 amide bonds. The Morgan fingerprint density at radius 1 is 0.873 bits per heavy atom. The number of carbonyl (C=O) groups is 4. The molecule has 0 saturated carbocycles. The minimum absolute atomic E-state index is 0.0746. The molecule has 1 aliphatic rings. The number of unbranched alkanes of at least 4 members (excludes halogenated alkanes) is 1. The molecule has 300 valence electrons. The maximum Gasteiger partial charge on any atom is 0.407 e. The number of carbonyl (C=O) groups excluding carboxylic acids is 4. The van der Waals surface area contributed by atoms with Crippen molar-refractivity contribution >= 4 is 29.4 Å². The van der Waals surface area contributed by atoms with E-state index < -0.39 is 11.7 Å². The first-order chi connectivity index (χ1) is 26.2. The van der Waals surface area contributed by atoms with Gasteiger partial charge in [-0.05, 0) is 85.4 Å². The summed E-state index contributed by atoms with van der Waals surface area (Å²) in [5, 5.41) is 17.7. The molecule has 0 aliphatic carbocycles. The van der Waals surface area contributed by atoms with E-state index in [1.165, 1.54) is 0 Å². The van der Waals surface area contributed by atoms with Crippen LogP contribution in [0.2, 0.25) is 0 Å². The third kappa shape index (κ3) is 12.7. The summed E-state index contributed by atoms with van der Waals surface area (Å²) in [4.78, 5) is 52.4. The molecule has 14 heteroatoms. The number of benzene rings is 2. The SMILES string of the molecule is CNC(CCCCNC(=O)OCCn1nnc2c1-c1ccccc1CN(C(=O)CCNC(=O)CCC(C)(C)OCCC(C)(C)OC)c1ccccc1-2)C(C)=O. The molecule has 0 fully saturated rings. The Morgan fingerprint density at radius 3 is 2.33 bits per heavy atom. The number of methoxy groups -OCH3 is 1. The Labute approximate surface area is 325 Å². The summed E-state index contributed by atoms with van der Waals surface area (Å²) in [5.74, 6) is -0.169. The lowest BCUT2D eigenvalue weighted by atomic mass is 9.95. The molecule has 2 aromatic carbocycles. The number of fused-ring (bicyclic) bond motifs is 5. The normalized spacial score (nSPS) is 13.1. The molecule has 3 N–H and O–H groups in total. The van der Waals surface area contributed by atoms with E-state index >= 15 is 0 Å². The average Bonchev–Trinajstić information content (AvgIpc) is 3.56. The highest BCUT2D eigenvalue weighted by Crippen LogP contribution is 2.41. The van der Waals surface area contributed by atoms with Gasteiger partial charge in [-0.25, -0.2) is 9.48 Å². The predicted molar refractivity (Wildman–Crippen MR) is 211 cm³/mol. The zero-order chi connectivity index (χ0) is 40.0. The van der Waals surface area contributed by atoms with E-state index in [0.717, 1.165) is 41.6 Å². The molecule has 1 unspecified atom stereocenters. The highest BCUT2D eigenvalue weighted by molar-refractivity contribution is 6.00. The maximum atomic E-state index is 13.9. The minimum Gasteiger partial charge on any atom is -0.448 e. The maximum absolute atomic E-state index is 13.9. The van der Waals surface area contributed by atoms with Gasteiger partial charge in [-0.1, -0.05) is 47.7 Å². The van der Waals surface area contributed by atoms with E-state index in [1.54, 1.807) is 30.7 Å². The lowest BCUT2D eigenvalue weighted by Gasteiger charge is -2.29. The van der Waals surface area contributed by atoms with E-state index in [-0.39, 0.29) is 61.8 Å². The van der Waals surface area contributed by atoms with Crippen molar-refractivity contribution in [1.29, 1.82) is 0 Å². The van der Waals surface area contributed by atoms with E-state index in [9.17, 15) is 19.2 Å². The van der Waals surface area contributed by atoms with Crippen LogP contribution in [0.4, 0.5) is 10.5 Å². The molecule has 14 nitrogen and oxygen atoms in total. The van der Waals surface area contributed by atoms with Gasteiger partial charge in [0.05, 0.1) is 48.3 Å². The smallest absolute Gasteiger partial charge is 0.407 e. The molecular weight excluding hydrogens is 702 g/mol. The van der Waals surface area contributed by atoms with Crippen LogP contribution in [0, 0.1) is 0 Å². The Balaban J connectivity index is 1.36. The van der Waals surface area contributed by atoms with Gasteiger partial charge in [0.1, 0.15) is 18.1 Å². The first-order valence-corrected chi connectivity index (χ1v) is 19.2. The first-order valence-electron chi connectivity index (χ1n) is 19.2. The number of amides is 3. The third-order valence-corrected chi connectivity index (χ3v) is 10.0. The number of hydrogen-bond acceptors (Lipinski definition) is 10. The third-order valence-electron chi connectivity index (χ3n) is 10.0. The number of ether oxygens (including phenoxy) is 3. The summed E-state index contributed by atoms with van der Waals surface area (Å²) in [6.45, 7) is 11.4. The van der Waals surface area contributed by atoms with Crippen LogP contribution in [0.5, 0.6) is 0 Å². The number of anilines is 1. The van der Waals surface area contributed by atoms with Crippen LogP contribution in [0.1, 0.15) is 85.1 Å². The molecule has 2 heterocycles. The van der Waals surface area contributed by atoms with Gasteiger partial charge in [0.2, 0.25) is 11.8 Å². The fraction of sp³-hybridized carbons (Fsp3) is 0.561. The van der Waals surface area contributed by atoms with Gasteiger partial charge in [0.25, 0.3) is 0 Å². The van der Waals surface area contributed by atoms with E-state index in [2.05, 4.69) is 26.3 Å². The molecule has 1 atom stereocenters. The van der Waals surface area contributed by atoms with Crippen molar-refractivity contribution in [3.8, 4) is 22.5 Å². The van der Waals surface area contributed by atoms with Crippen LogP contribution in [0.3, 0.4) is 0 Å². The van der Waals surface area contributed by atoms with Gasteiger partial charge in [-0.2, -0.15) is 0 Å². The van der Waals surface area contributed by atoms with Gasteiger partial charge in [0, 0.05) is 44.2 Å². The standard InChI is InChI=1S/C41H59N7O7/c1-29(49)33(42-6)17-12-13-23-44-39(52)54-27-25-48-38-31-15-9-8-14-30(31)28-47(34-18-11-10-16-32(34)37(38)45-46-48)36(51)20-24-43-35(50)19-21-41(4,5)55-26-22-40(2,3)53-7/h8-11,14-16,18,33,42H,12-13,17,19-28H2,1-7H3,(H,43,50)(H,44,52). The van der Waals surface area contributed by atoms with Crippen LogP contribution in [0.25, 0.3) is 22.5 Å². The van der Waals surface area contributed by atoms with Crippen LogP contribution in [-0.2, 0) is 41.7 Å². The Bertz CT molecular complexity index is 1760. The molecular formula is C41H59N7O7. The first kappa shape index (κ1) is 43.1. The molecule has 1 aliphatic heterocycles. The number of nitrogens with zero attached hydrogens (tertiary/aromatic N) is 4.